The lowest BCUT2D eigenvalue weighted by Gasteiger charge is -2.14. The summed E-state index contributed by atoms with van der Waals surface area (Å²) in [5.41, 5.74) is 1.77. The first-order valence-corrected chi connectivity index (χ1v) is 6.67. The molecule has 5 heteroatoms. The van der Waals surface area contributed by atoms with E-state index in [0.29, 0.717) is 12.2 Å². The number of H-pyrrole nitrogens is 1. The number of esters is 1. The zero-order valence-electron chi connectivity index (χ0n) is 11.4. The highest BCUT2D eigenvalue weighted by atomic mass is 16.5. The monoisotopic (exact) mass is 272 g/mol. The van der Waals surface area contributed by atoms with Gasteiger partial charge in [-0.3, -0.25) is 9.59 Å². The molecule has 0 saturated carbocycles. The van der Waals surface area contributed by atoms with Crippen molar-refractivity contribution >= 4 is 22.6 Å². The third-order valence-electron chi connectivity index (χ3n) is 3.43. The van der Waals surface area contributed by atoms with Gasteiger partial charge in [0, 0.05) is 23.0 Å². The molecule has 1 aromatic heterocycles. The number of ether oxygens (including phenoxy) is 1. The van der Waals surface area contributed by atoms with E-state index in [-0.39, 0.29) is 17.6 Å². The molecule has 1 unspecified atom stereocenters. The maximum absolute atomic E-state index is 12.2. The molecule has 2 N–H and O–H groups in total. The number of hydrogen-bond donors (Lipinski definition) is 2. The molecule has 1 atom stereocenters. The fourth-order valence-electron chi connectivity index (χ4n) is 2.63. The molecule has 0 amide bonds. The summed E-state index contributed by atoms with van der Waals surface area (Å²) in [5.74, 6) is -0.721. The first-order chi connectivity index (χ1) is 9.58. The third-order valence-corrected chi connectivity index (χ3v) is 3.43. The van der Waals surface area contributed by atoms with Gasteiger partial charge in [0.25, 0.3) is 5.56 Å². The van der Waals surface area contributed by atoms with E-state index in [9.17, 15) is 9.59 Å². The second-order valence-electron chi connectivity index (χ2n) is 5.21. The SMILES string of the molecule is CC(C)OC(=O)C1CNc2c1c1ccccc1[nH]c2=O. The normalized spacial score (nSPS) is 17.1. The van der Waals surface area contributed by atoms with Gasteiger partial charge >= 0.3 is 5.97 Å². The fourth-order valence-corrected chi connectivity index (χ4v) is 2.63. The second kappa shape index (κ2) is 4.67. The number of aromatic amines is 1. The van der Waals surface area contributed by atoms with E-state index < -0.39 is 5.92 Å². The number of benzene rings is 1. The van der Waals surface area contributed by atoms with Crippen molar-refractivity contribution in [1.29, 1.82) is 0 Å². The molecule has 20 heavy (non-hydrogen) atoms. The maximum atomic E-state index is 12.2. The van der Waals surface area contributed by atoms with Gasteiger partial charge in [0.1, 0.15) is 11.6 Å². The van der Waals surface area contributed by atoms with Crippen molar-refractivity contribution in [1.82, 2.24) is 4.98 Å². The predicted molar refractivity (Wildman–Crippen MR) is 77.0 cm³/mol. The van der Waals surface area contributed by atoms with Gasteiger partial charge in [-0.15, -0.1) is 0 Å². The Labute approximate surface area is 116 Å². The first-order valence-electron chi connectivity index (χ1n) is 6.67. The zero-order valence-corrected chi connectivity index (χ0v) is 11.4. The third kappa shape index (κ3) is 1.95. The van der Waals surface area contributed by atoms with E-state index in [2.05, 4.69) is 10.3 Å². The van der Waals surface area contributed by atoms with Gasteiger partial charge in [0.15, 0.2) is 0 Å². The van der Waals surface area contributed by atoms with Crippen LogP contribution in [0.1, 0.15) is 25.3 Å². The summed E-state index contributed by atoms with van der Waals surface area (Å²) in [6.45, 7) is 4.03. The lowest BCUT2D eigenvalue weighted by Crippen LogP contribution is -2.21. The van der Waals surface area contributed by atoms with Crippen LogP contribution in [0, 0.1) is 0 Å². The Morgan fingerprint density at radius 3 is 2.85 bits per heavy atom. The number of hydrogen-bond acceptors (Lipinski definition) is 4. The van der Waals surface area contributed by atoms with E-state index in [4.69, 9.17) is 4.74 Å². The molecule has 3 rings (SSSR count). The van der Waals surface area contributed by atoms with E-state index in [0.717, 1.165) is 16.5 Å². The smallest absolute Gasteiger partial charge is 0.315 e. The quantitative estimate of drug-likeness (QED) is 0.820. The van der Waals surface area contributed by atoms with Crippen LogP contribution in [-0.4, -0.2) is 23.6 Å². The van der Waals surface area contributed by atoms with E-state index >= 15 is 0 Å². The molecule has 0 radical (unpaired) electrons. The van der Waals surface area contributed by atoms with Crippen molar-refractivity contribution < 1.29 is 9.53 Å². The van der Waals surface area contributed by atoms with Gasteiger partial charge in [-0.2, -0.15) is 0 Å². The first kappa shape index (κ1) is 12.7. The minimum atomic E-state index is -0.431. The summed E-state index contributed by atoms with van der Waals surface area (Å²) in [7, 11) is 0. The summed E-state index contributed by atoms with van der Waals surface area (Å²) < 4.78 is 5.29. The van der Waals surface area contributed by atoms with Gasteiger partial charge in [-0.05, 0) is 19.9 Å². The molecule has 0 bridgehead atoms. The molecule has 0 fully saturated rings. The Balaban J connectivity index is 2.16. The van der Waals surface area contributed by atoms with Crippen LogP contribution in [0.3, 0.4) is 0 Å². The van der Waals surface area contributed by atoms with Gasteiger partial charge in [0.05, 0.1) is 6.10 Å². The van der Waals surface area contributed by atoms with Crippen LogP contribution < -0.4 is 10.9 Å². The topological polar surface area (TPSA) is 71.2 Å². The number of nitrogens with one attached hydrogen (secondary N) is 2. The molecule has 2 heterocycles. The number of rotatable bonds is 2. The van der Waals surface area contributed by atoms with Crippen LogP contribution in [-0.2, 0) is 9.53 Å². The van der Waals surface area contributed by atoms with Crippen LogP contribution in [0.25, 0.3) is 10.9 Å². The Morgan fingerprint density at radius 2 is 2.10 bits per heavy atom. The molecule has 0 aliphatic carbocycles. The predicted octanol–water partition coefficient (Wildman–Crippen LogP) is 1.99. The number of carbonyl (C=O) groups excluding carboxylic acids is 1. The number of pyridine rings is 1. The molecule has 0 spiro atoms. The van der Waals surface area contributed by atoms with Crippen LogP contribution in [0.2, 0.25) is 0 Å². The van der Waals surface area contributed by atoms with Gasteiger partial charge in [-0.1, -0.05) is 18.2 Å². The Hall–Kier alpha value is -2.30. The number of carbonyl (C=O) groups is 1. The molecule has 1 aliphatic rings. The highest BCUT2D eigenvalue weighted by Crippen LogP contribution is 2.35. The largest absolute Gasteiger partial charge is 0.462 e. The molecule has 1 aliphatic heterocycles. The average molecular weight is 272 g/mol. The fraction of sp³-hybridized carbons (Fsp3) is 0.333. The number of fused-ring (bicyclic) bond motifs is 3. The van der Waals surface area contributed by atoms with Gasteiger partial charge in [0.2, 0.25) is 0 Å². The molecular weight excluding hydrogens is 256 g/mol. The minimum absolute atomic E-state index is 0.167. The number of aromatic nitrogens is 1. The van der Waals surface area contributed by atoms with E-state index in [1.165, 1.54) is 0 Å². The molecular formula is C15H16N2O3. The van der Waals surface area contributed by atoms with Crippen molar-refractivity contribution in [2.75, 3.05) is 11.9 Å². The van der Waals surface area contributed by atoms with Crippen LogP contribution >= 0.6 is 0 Å². The lowest BCUT2D eigenvalue weighted by atomic mass is 9.97. The summed E-state index contributed by atoms with van der Waals surface area (Å²) in [6.07, 6.45) is -0.167. The molecule has 1 aromatic carbocycles. The van der Waals surface area contributed by atoms with Crippen molar-refractivity contribution in [3.63, 3.8) is 0 Å². The minimum Gasteiger partial charge on any atom is -0.462 e. The van der Waals surface area contributed by atoms with E-state index in [1.54, 1.807) is 0 Å². The van der Waals surface area contributed by atoms with Crippen molar-refractivity contribution in [3.05, 3.63) is 40.2 Å². The summed E-state index contributed by atoms with van der Waals surface area (Å²) in [6, 6.07) is 7.49. The second-order valence-corrected chi connectivity index (χ2v) is 5.21. The number of para-hydroxylation sites is 1. The van der Waals surface area contributed by atoms with Gasteiger partial charge in [-0.25, -0.2) is 0 Å². The summed E-state index contributed by atoms with van der Waals surface area (Å²) in [4.78, 5) is 27.1. The Bertz CT molecular complexity index is 733. The highest BCUT2D eigenvalue weighted by molar-refractivity contribution is 5.95. The van der Waals surface area contributed by atoms with E-state index in [1.807, 2.05) is 38.1 Å². The van der Waals surface area contributed by atoms with Crippen LogP contribution in [0.4, 0.5) is 5.69 Å². The Morgan fingerprint density at radius 1 is 1.35 bits per heavy atom. The lowest BCUT2D eigenvalue weighted by molar-refractivity contribution is -0.148. The Kier molecular flexibility index (Phi) is 2.97. The van der Waals surface area contributed by atoms with Crippen molar-refractivity contribution in [2.45, 2.75) is 25.9 Å². The number of anilines is 1. The van der Waals surface area contributed by atoms with Crippen LogP contribution in [0.5, 0.6) is 0 Å². The van der Waals surface area contributed by atoms with Gasteiger partial charge < -0.3 is 15.0 Å². The maximum Gasteiger partial charge on any atom is 0.315 e. The molecule has 2 aromatic rings. The van der Waals surface area contributed by atoms with Crippen LogP contribution in [0.15, 0.2) is 29.1 Å². The standard InChI is InChI=1S/C15H16N2O3/c1-8(2)20-15(19)10-7-16-13-12(10)9-5-3-4-6-11(9)17-14(13)18/h3-6,8,10,16H,7H2,1-2H3,(H,17,18). The summed E-state index contributed by atoms with van der Waals surface area (Å²) in [5, 5.41) is 3.91. The molecule has 104 valence electrons. The average Bonchev–Trinajstić information content (AvgIpc) is 2.83. The highest BCUT2D eigenvalue weighted by Gasteiger charge is 2.33. The van der Waals surface area contributed by atoms with Crippen molar-refractivity contribution in [3.8, 4) is 0 Å². The zero-order chi connectivity index (χ0) is 14.3. The van der Waals surface area contributed by atoms with Crippen molar-refractivity contribution in [2.24, 2.45) is 0 Å². The summed E-state index contributed by atoms with van der Waals surface area (Å²) >= 11 is 0. The molecule has 0 saturated heterocycles. The molecule has 5 nitrogen and oxygen atoms in total.